The molecule has 1 amide bonds. The summed E-state index contributed by atoms with van der Waals surface area (Å²) in [6.45, 7) is 2.66. The average molecular weight is 208 g/mol. The molecule has 0 bridgehead atoms. The maximum atomic E-state index is 10.7. The van der Waals surface area contributed by atoms with Crippen molar-refractivity contribution in [3.05, 3.63) is 29.8 Å². The molecule has 0 atom stereocenters. The standard InChI is InChI=1S/C11H16N2O2/c1-9(15)13-8-10-3-2-4-11(7-10)12-5-6-14/h2-4,7,12,14H,5-6,8H2,1H3,(H,13,15). The molecule has 0 spiro atoms. The Balaban J connectivity index is 2.53. The number of anilines is 1. The molecule has 82 valence electrons. The molecule has 0 radical (unpaired) electrons. The summed E-state index contributed by atoms with van der Waals surface area (Å²) in [6, 6.07) is 7.73. The van der Waals surface area contributed by atoms with Gasteiger partial charge in [-0.05, 0) is 17.7 Å². The summed E-state index contributed by atoms with van der Waals surface area (Å²) in [5, 5.41) is 14.4. The first-order valence-electron chi connectivity index (χ1n) is 4.90. The van der Waals surface area contributed by atoms with Gasteiger partial charge in [-0.1, -0.05) is 12.1 Å². The van der Waals surface area contributed by atoms with Crippen LogP contribution in [-0.2, 0) is 11.3 Å². The van der Waals surface area contributed by atoms with Crippen molar-refractivity contribution >= 4 is 11.6 Å². The van der Waals surface area contributed by atoms with Crippen LogP contribution in [0.15, 0.2) is 24.3 Å². The van der Waals surface area contributed by atoms with Gasteiger partial charge in [-0.3, -0.25) is 4.79 Å². The van der Waals surface area contributed by atoms with Crippen molar-refractivity contribution < 1.29 is 9.90 Å². The lowest BCUT2D eigenvalue weighted by molar-refractivity contribution is -0.119. The Kier molecular flexibility index (Phi) is 4.63. The molecule has 0 heterocycles. The van der Waals surface area contributed by atoms with Crippen LogP contribution in [0.4, 0.5) is 5.69 Å². The lowest BCUT2D eigenvalue weighted by Crippen LogP contribution is -2.18. The lowest BCUT2D eigenvalue weighted by atomic mass is 10.2. The van der Waals surface area contributed by atoms with Crippen LogP contribution in [0, 0.1) is 0 Å². The average Bonchev–Trinajstić information content (AvgIpc) is 2.24. The fourth-order valence-corrected chi connectivity index (χ4v) is 1.22. The Labute approximate surface area is 89.3 Å². The Morgan fingerprint density at radius 1 is 1.47 bits per heavy atom. The first kappa shape index (κ1) is 11.5. The van der Waals surface area contributed by atoms with Crippen molar-refractivity contribution in [1.82, 2.24) is 5.32 Å². The number of aliphatic hydroxyl groups is 1. The minimum atomic E-state index is -0.0382. The molecule has 0 aliphatic heterocycles. The maximum absolute atomic E-state index is 10.7. The molecule has 1 aromatic rings. The number of rotatable bonds is 5. The summed E-state index contributed by atoms with van der Waals surface area (Å²) < 4.78 is 0. The van der Waals surface area contributed by atoms with Gasteiger partial charge in [0.05, 0.1) is 6.61 Å². The van der Waals surface area contributed by atoms with Crippen molar-refractivity contribution in [2.75, 3.05) is 18.5 Å². The third-order valence-electron chi connectivity index (χ3n) is 1.91. The second-order valence-electron chi connectivity index (χ2n) is 3.26. The largest absolute Gasteiger partial charge is 0.395 e. The smallest absolute Gasteiger partial charge is 0.217 e. The highest BCUT2D eigenvalue weighted by Gasteiger charge is 1.96. The molecule has 0 saturated carbocycles. The molecule has 0 fully saturated rings. The minimum absolute atomic E-state index is 0.0382. The first-order chi connectivity index (χ1) is 7.22. The van der Waals surface area contributed by atoms with Crippen LogP contribution in [0.2, 0.25) is 0 Å². The number of amides is 1. The highest BCUT2D eigenvalue weighted by Crippen LogP contribution is 2.09. The molecule has 1 aromatic carbocycles. The van der Waals surface area contributed by atoms with E-state index in [-0.39, 0.29) is 12.5 Å². The highest BCUT2D eigenvalue weighted by molar-refractivity contribution is 5.72. The number of aliphatic hydroxyl groups excluding tert-OH is 1. The molecule has 4 nitrogen and oxygen atoms in total. The predicted molar refractivity (Wildman–Crippen MR) is 59.5 cm³/mol. The molecule has 1 rings (SSSR count). The second kappa shape index (κ2) is 6.03. The first-order valence-corrected chi connectivity index (χ1v) is 4.90. The summed E-state index contributed by atoms with van der Waals surface area (Å²) in [5.41, 5.74) is 1.99. The summed E-state index contributed by atoms with van der Waals surface area (Å²) >= 11 is 0. The second-order valence-corrected chi connectivity index (χ2v) is 3.26. The predicted octanol–water partition coefficient (Wildman–Crippen LogP) is 0.727. The Bertz CT molecular complexity index is 326. The van der Waals surface area contributed by atoms with Gasteiger partial charge in [-0.25, -0.2) is 0 Å². The van der Waals surface area contributed by atoms with Crippen molar-refractivity contribution in [3.8, 4) is 0 Å². The molecule has 0 aromatic heterocycles. The van der Waals surface area contributed by atoms with Crippen molar-refractivity contribution in [2.45, 2.75) is 13.5 Å². The normalized spacial score (nSPS) is 9.73. The number of hydrogen-bond donors (Lipinski definition) is 3. The van der Waals surface area contributed by atoms with Crippen LogP contribution < -0.4 is 10.6 Å². The number of benzene rings is 1. The van der Waals surface area contributed by atoms with Gasteiger partial charge in [0.15, 0.2) is 0 Å². The minimum Gasteiger partial charge on any atom is -0.395 e. The third kappa shape index (κ3) is 4.46. The van der Waals surface area contributed by atoms with Crippen LogP contribution in [0.1, 0.15) is 12.5 Å². The van der Waals surface area contributed by atoms with Crippen LogP contribution in [0.3, 0.4) is 0 Å². The van der Waals surface area contributed by atoms with E-state index >= 15 is 0 Å². The molecular weight excluding hydrogens is 192 g/mol. The van der Waals surface area contributed by atoms with E-state index in [4.69, 9.17) is 5.11 Å². The van der Waals surface area contributed by atoms with Crippen molar-refractivity contribution in [2.24, 2.45) is 0 Å². The fraction of sp³-hybridized carbons (Fsp3) is 0.364. The highest BCUT2D eigenvalue weighted by atomic mass is 16.3. The molecule has 0 aliphatic rings. The zero-order chi connectivity index (χ0) is 11.1. The van der Waals surface area contributed by atoms with Gasteiger partial charge >= 0.3 is 0 Å². The molecule has 15 heavy (non-hydrogen) atoms. The number of carbonyl (C=O) groups is 1. The van der Waals surface area contributed by atoms with Crippen LogP contribution >= 0.6 is 0 Å². The van der Waals surface area contributed by atoms with E-state index in [0.717, 1.165) is 11.3 Å². The molecule has 3 N–H and O–H groups in total. The van der Waals surface area contributed by atoms with E-state index in [1.54, 1.807) is 0 Å². The van der Waals surface area contributed by atoms with E-state index in [0.29, 0.717) is 13.1 Å². The van der Waals surface area contributed by atoms with E-state index < -0.39 is 0 Å². The summed E-state index contributed by atoms with van der Waals surface area (Å²) in [6.07, 6.45) is 0. The van der Waals surface area contributed by atoms with Gasteiger partial charge in [0, 0.05) is 25.7 Å². The molecular formula is C11H16N2O2. The van der Waals surface area contributed by atoms with Crippen molar-refractivity contribution in [1.29, 1.82) is 0 Å². The number of carbonyl (C=O) groups excluding carboxylic acids is 1. The third-order valence-corrected chi connectivity index (χ3v) is 1.91. The van der Waals surface area contributed by atoms with Crippen LogP contribution in [-0.4, -0.2) is 24.2 Å². The van der Waals surface area contributed by atoms with Crippen molar-refractivity contribution in [3.63, 3.8) is 0 Å². The Morgan fingerprint density at radius 3 is 2.93 bits per heavy atom. The fourth-order valence-electron chi connectivity index (χ4n) is 1.22. The zero-order valence-corrected chi connectivity index (χ0v) is 8.79. The van der Waals surface area contributed by atoms with Gasteiger partial charge in [-0.2, -0.15) is 0 Å². The zero-order valence-electron chi connectivity index (χ0n) is 8.79. The molecule has 0 unspecified atom stereocenters. The monoisotopic (exact) mass is 208 g/mol. The van der Waals surface area contributed by atoms with E-state index in [1.807, 2.05) is 24.3 Å². The summed E-state index contributed by atoms with van der Waals surface area (Å²) in [7, 11) is 0. The summed E-state index contributed by atoms with van der Waals surface area (Å²) in [4.78, 5) is 10.7. The van der Waals surface area contributed by atoms with Crippen LogP contribution in [0.25, 0.3) is 0 Å². The van der Waals surface area contributed by atoms with E-state index in [9.17, 15) is 4.79 Å². The summed E-state index contributed by atoms with van der Waals surface area (Å²) in [5.74, 6) is -0.0382. The topological polar surface area (TPSA) is 61.4 Å². The quantitative estimate of drug-likeness (QED) is 0.668. The van der Waals surface area contributed by atoms with Gasteiger partial charge in [0.1, 0.15) is 0 Å². The Hall–Kier alpha value is -1.55. The lowest BCUT2D eigenvalue weighted by Gasteiger charge is -2.07. The molecule has 4 heteroatoms. The Morgan fingerprint density at radius 2 is 2.27 bits per heavy atom. The SMILES string of the molecule is CC(=O)NCc1cccc(NCCO)c1. The van der Waals surface area contributed by atoms with Gasteiger partial charge < -0.3 is 15.7 Å². The van der Waals surface area contributed by atoms with E-state index in [1.165, 1.54) is 6.92 Å². The molecule has 0 saturated heterocycles. The number of nitrogens with one attached hydrogen (secondary N) is 2. The number of hydrogen-bond acceptors (Lipinski definition) is 3. The van der Waals surface area contributed by atoms with Crippen LogP contribution in [0.5, 0.6) is 0 Å². The van der Waals surface area contributed by atoms with E-state index in [2.05, 4.69) is 10.6 Å². The van der Waals surface area contributed by atoms with Gasteiger partial charge in [0.2, 0.25) is 5.91 Å². The van der Waals surface area contributed by atoms with Gasteiger partial charge in [-0.15, -0.1) is 0 Å². The molecule has 0 aliphatic carbocycles. The van der Waals surface area contributed by atoms with Gasteiger partial charge in [0.25, 0.3) is 0 Å². The maximum Gasteiger partial charge on any atom is 0.217 e.